The van der Waals surface area contributed by atoms with Crippen LogP contribution in [0.3, 0.4) is 0 Å². The number of amides is 1. The summed E-state index contributed by atoms with van der Waals surface area (Å²) in [4.78, 5) is 38.0. The van der Waals surface area contributed by atoms with Gasteiger partial charge in [-0.25, -0.2) is 0 Å². The topological polar surface area (TPSA) is 113 Å². The largest absolute Gasteiger partial charge is 0.507 e. The van der Waals surface area contributed by atoms with Gasteiger partial charge in [0.15, 0.2) is 0 Å². The Bertz CT molecular complexity index is 1060. The number of benzene rings is 2. The van der Waals surface area contributed by atoms with Crippen LogP contribution in [0.5, 0.6) is 11.5 Å². The second-order valence-electron chi connectivity index (χ2n) is 6.75. The van der Waals surface area contributed by atoms with Crippen LogP contribution in [0.25, 0.3) is 5.76 Å². The van der Waals surface area contributed by atoms with Crippen molar-refractivity contribution in [3.63, 3.8) is 0 Å². The number of aliphatic carboxylic acids is 1. The zero-order chi connectivity index (χ0) is 22.7. The van der Waals surface area contributed by atoms with Crippen molar-refractivity contribution in [1.29, 1.82) is 0 Å². The van der Waals surface area contributed by atoms with Crippen LogP contribution in [0, 0.1) is 0 Å². The first-order chi connectivity index (χ1) is 14.8. The molecule has 2 aromatic carbocycles. The van der Waals surface area contributed by atoms with E-state index in [1.807, 2.05) is 0 Å². The van der Waals surface area contributed by atoms with E-state index in [0.29, 0.717) is 22.1 Å². The number of aliphatic hydroxyl groups is 1. The third-order valence-electron chi connectivity index (χ3n) is 4.96. The zero-order valence-electron chi connectivity index (χ0n) is 16.8. The molecule has 0 bridgehead atoms. The third-order valence-corrected chi connectivity index (χ3v) is 5.21. The fourth-order valence-electron chi connectivity index (χ4n) is 3.47. The average Bonchev–Trinajstić information content (AvgIpc) is 3.01. The molecule has 1 atom stereocenters. The van der Waals surface area contributed by atoms with Gasteiger partial charge in [0.1, 0.15) is 17.3 Å². The van der Waals surface area contributed by atoms with E-state index >= 15 is 0 Å². The number of ether oxygens (including phenoxy) is 2. The van der Waals surface area contributed by atoms with Crippen LogP contribution in [0.1, 0.15) is 23.6 Å². The van der Waals surface area contributed by atoms with Crippen LogP contribution in [0.2, 0.25) is 5.02 Å². The maximum absolute atomic E-state index is 12.9. The normalized spacial score (nSPS) is 17.6. The summed E-state index contributed by atoms with van der Waals surface area (Å²) in [6.07, 6.45) is -0.378. The Morgan fingerprint density at radius 1 is 1.06 bits per heavy atom. The Kier molecular flexibility index (Phi) is 6.50. The molecule has 1 amide bonds. The van der Waals surface area contributed by atoms with Crippen molar-refractivity contribution in [2.45, 2.75) is 12.5 Å². The Morgan fingerprint density at radius 3 is 2.32 bits per heavy atom. The molecular formula is C22H20ClNO7. The number of carbonyl (C=O) groups is 3. The third kappa shape index (κ3) is 4.34. The number of halogens is 1. The second kappa shape index (κ2) is 9.09. The number of aliphatic hydroxyl groups excluding tert-OH is 1. The fraction of sp³-hybridized carbons (Fsp3) is 0.227. The molecule has 0 spiro atoms. The van der Waals surface area contributed by atoms with Crippen molar-refractivity contribution in [2.75, 3.05) is 20.8 Å². The highest BCUT2D eigenvalue weighted by molar-refractivity contribution is 6.46. The lowest BCUT2D eigenvalue weighted by molar-refractivity contribution is -0.142. The van der Waals surface area contributed by atoms with Crippen molar-refractivity contribution in [2.24, 2.45) is 0 Å². The van der Waals surface area contributed by atoms with Gasteiger partial charge >= 0.3 is 5.97 Å². The van der Waals surface area contributed by atoms with Crippen molar-refractivity contribution < 1.29 is 34.1 Å². The van der Waals surface area contributed by atoms with E-state index in [2.05, 4.69) is 0 Å². The molecule has 162 valence electrons. The van der Waals surface area contributed by atoms with E-state index in [0.717, 1.165) is 4.90 Å². The molecule has 0 aromatic heterocycles. The monoisotopic (exact) mass is 445 g/mol. The number of ketones is 1. The molecule has 1 heterocycles. The van der Waals surface area contributed by atoms with E-state index < -0.39 is 29.5 Å². The first kappa shape index (κ1) is 22.2. The van der Waals surface area contributed by atoms with Crippen LogP contribution in [-0.2, 0) is 14.4 Å². The first-order valence-corrected chi connectivity index (χ1v) is 9.64. The molecule has 1 aliphatic heterocycles. The molecule has 1 saturated heterocycles. The number of methoxy groups -OCH3 is 2. The Labute approximate surface area is 183 Å². The molecular weight excluding hydrogens is 426 g/mol. The van der Waals surface area contributed by atoms with Crippen molar-refractivity contribution in [1.82, 2.24) is 4.90 Å². The van der Waals surface area contributed by atoms with Gasteiger partial charge in [0.25, 0.3) is 11.7 Å². The number of carboxylic acids is 1. The lowest BCUT2D eigenvalue weighted by Crippen LogP contribution is -2.32. The van der Waals surface area contributed by atoms with Gasteiger partial charge in [0, 0.05) is 22.7 Å². The molecule has 0 radical (unpaired) electrons. The summed E-state index contributed by atoms with van der Waals surface area (Å²) in [5, 5.41) is 20.5. The van der Waals surface area contributed by atoms with Crippen molar-refractivity contribution >= 4 is 35.0 Å². The summed E-state index contributed by atoms with van der Waals surface area (Å²) in [5.41, 5.74) is 0.485. The summed E-state index contributed by atoms with van der Waals surface area (Å²) in [5.74, 6) is -2.58. The molecule has 2 aromatic rings. The summed E-state index contributed by atoms with van der Waals surface area (Å²) in [6.45, 7) is -0.234. The van der Waals surface area contributed by atoms with Crippen LogP contribution in [0.15, 0.2) is 48.0 Å². The van der Waals surface area contributed by atoms with Gasteiger partial charge in [-0.05, 0) is 42.5 Å². The van der Waals surface area contributed by atoms with Crippen molar-refractivity contribution in [3.8, 4) is 11.5 Å². The predicted octanol–water partition coefficient (Wildman–Crippen LogP) is 3.25. The molecule has 3 rings (SSSR count). The zero-order valence-corrected chi connectivity index (χ0v) is 17.5. The highest BCUT2D eigenvalue weighted by atomic mass is 35.5. The summed E-state index contributed by atoms with van der Waals surface area (Å²) < 4.78 is 10.7. The van der Waals surface area contributed by atoms with E-state index in [1.54, 1.807) is 18.2 Å². The average molecular weight is 446 g/mol. The number of carbonyl (C=O) groups excluding carboxylic acids is 2. The first-order valence-electron chi connectivity index (χ1n) is 9.26. The van der Waals surface area contributed by atoms with Gasteiger partial charge in [-0.2, -0.15) is 0 Å². The van der Waals surface area contributed by atoms with E-state index in [-0.39, 0.29) is 24.1 Å². The number of hydrogen-bond donors (Lipinski definition) is 2. The second-order valence-corrected chi connectivity index (χ2v) is 7.19. The molecule has 2 N–H and O–H groups in total. The Hall–Kier alpha value is -3.52. The maximum Gasteiger partial charge on any atom is 0.305 e. The smallest absolute Gasteiger partial charge is 0.305 e. The predicted molar refractivity (Wildman–Crippen MR) is 112 cm³/mol. The molecule has 9 heteroatoms. The van der Waals surface area contributed by atoms with Gasteiger partial charge in [0.2, 0.25) is 0 Å². The molecule has 0 aliphatic carbocycles. The molecule has 1 unspecified atom stereocenters. The summed E-state index contributed by atoms with van der Waals surface area (Å²) in [6, 6.07) is 9.87. The SMILES string of the molecule is COc1ccc(OC)c(C2C(=C(O)c3ccc(Cl)cc3)C(=O)C(=O)N2CCC(=O)O)c1. The van der Waals surface area contributed by atoms with Crippen LogP contribution in [0.4, 0.5) is 0 Å². The number of nitrogens with zero attached hydrogens (tertiary/aromatic N) is 1. The van der Waals surface area contributed by atoms with Gasteiger partial charge in [0.05, 0.1) is 32.3 Å². The van der Waals surface area contributed by atoms with E-state index in [9.17, 15) is 19.5 Å². The Morgan fingerprint density at radius 2 is 1.74 bits per heavy atom. The van der Waals surface area contributed by atoms with E-state index in [4.69, 9.17) is 26.2 Å². The number of likely N-dealkylation sites (tertiary alicyclic amines) is 1. The highest BCUT2D eigenvalue weighted by Crippen LogP contribution is 2.43. The van der Waals surface area contributed by atoms with Gasteiger partial charge in [-0.1, -0.05) is 11.6 Å². The molecule has 1 fully saturated rings. The standard InChI is InChI=1S/C22H20ClNO7/c1-30-14-7-8-16(31-2)15(11-14)19-18(20(27)12-3-5-13(23)6-4-12)21(28)22(29)24(19)10-9-17(25)26/h3-8,11,19,27H,9-10H2,1-2H3,(H,25,26). The minimum Gasteiger partial charge on any atom is -0.507 e. The lowest BCUT2D eigenvalue weighted by atomic mass is 9.94. The minimum absolute atomic E-state index is 0.177. The molecule has 0 saturated carbocycles. The van der Waals surface area contributed by atoms with Gasteiger partial charge < -0.3 is 24.6 Å². The fourth-order valence-corrected chi connectivity index (χ4v) is 3.59. The van der Waals surface area contributed by atoms with E-state index in [1.165, 1.54) is 38.5 Å². The van der Waals surface area contributed by atoms with Crippen LogP contribution >= 0.6 is 11.6 Å². The number of hydrogen-bond acceptors (Lipinski definition) is 6. The van der Waals surface area contributed by atoms with Gasteiger partial charge in [-0.3, -0.25) is 14.4 Å². The molecule has 31 heavy (non-hydrogen) atoms. The summed E-state index contributed by atoms with van der Waals surface area (Å²) >= 11 is 5.91. The maximum atomic E-state index is 12.9. The Balaban J connectivity index is 2.24. The number of Topliss-reactive ketones (excluding diaryl/α,β-unsaturated/α-hetero) is 1. The van der Waals surface area contributed by atoms with Crippen LogP contribution in [-0.4, -0.2) is 53.5 Å². The molecule has 1 aliphatic rings. The van der Waals surface area contributed by atoms with Gasteiger partial charge in [-0.15, -0.1) is 0 Å². The minimum atomic E-state index is -1.13. The van der Waals surface area contributed by atoms with Crippen LogP contribution < -0.4 is 9.47 Å². The molecule has 8 nitrogen and oxygen atoms in total. The number of rotatable bonds is 7. The van der Waals surface area contributed by atoms with Crippen molar-refractivity contribution in [3.05, 3.63) is 64.2 Å². The highest BCUT2D eigenvalue weighted by Gasteiger charge is 2.47. The summed E-state index contributed by atoms with van der Waals surface area (Å²) in [7, 11) is 2.88. The number of carboxylic acid groups (broad SMARTS) is 1. The lowest BCUT2D eigenvalue weighted by Gasteiger charge is -2.26. The quantitative estimate of drug-likeness (QED) is 0.382.